The van der Waals surface area contributed by atoms with Crippen molar-refractivity contribution in [2.75, 3.05) is 26.7 Å². The number of nitrogens with zero attached hydrogens (tertiary/aromatic N) is 2. The van der Waals surface area contributed by atoms with Crippen molar-refractivity contribution >= 4 is 22.6 Å². The highest BCUT2D eigenvalue weighted by Crippen LogP contribution is 2.37. The standard InChI is InChI=1S/C22H21FN2O2/c1-26-18-3-5-19-15(11-18)10-16(19)13-25-8-6-14(7-9-25)22-20-4-2-17(23)12-21(20)24-27-22/h2-5,10-12,14H,6-9,13H2,1H3. The maximum atomic E-state index is 13.3. The molecule has 2 heterocycles. The molecule has 0 spiro atoms. The van der Waals surface area contributed by atoms with Gasteiger partial charge in [0.15, 0.2) is 0 Å². The Kier molecular flexibility index (Phi) is 3.97. The first-order valence-electron chi connectivity index (χ1n) is 9.37. The highest BCUT2D eigenvalue weighted by atomic mass is 19.1. The maximum Gasteiger partial charge on any atom is 0.147 e. The average molecular weight is 364 g/mol. The van der Waals surface area contributed by atoms with Gasteiger partial charge in [0.1, 0.15) is 22.8 Å². The van der Waals surface area contributed by atoms with Crippen LogP contribution in [0.25, 0.3) is 22.6 Å². The first-order chi connectivity index (χ1) is 13.2. The predicted octanol–water partition coefficient (Wildman–Crippen LogP) is 4.71. The molecule has 0 bridgehead atoms. The van der Waals surface area contributed by atoms with Gasteiger partial charge in [-0.15, -0.1) is 0 Å². The van der Waals surface area contributed by atoms with Crippen molar-refractivity contribution in [3.63, 3.8) is 0 Å². The highest BCUT2D eigenvalue weighted by molar-refractivity contribution is 5.96. The lowest BCUT2D eigenvalue weighted by molar-refractivity contribution is 0.217. The van der Waals surface area contributed by atoms with E-state index >= 15 is 0 Å². The van der Waals surface area contributed by atoms with Crippen molar-refractivity contribution in [2.45, 2.75) is 18.8 Å². The fourth-order valence-corrected chi connectivity index (χ4v) is 4.22. The highest BCUT2D eigenvalue weighted by Gasteiger charge is 2.27. The molecular formula is C22H21FN2O2. The summed E-state index contributed by atoms with van der Waals surface area (Å²) in [5, 5.41) is 4.98. The van der Waals surface area contributed by atoms with E-state index in [0.717, 1.165) is 49.4 Å². The van der Waals surface area contributed by atoms with E-state index in [-0.39, 0.29) is 5.82 Å². The minimum absolute atomic E-state index is 0.274. The van der Waals surface area contributed by atoms with Gasteiger partial charge in [0.2, 0.25) is 0 Å². The molecular weight excluding hydrogens is 343 g/mol. The summed E-state index contributed by atoms with van der Waals surface area (Å²) in [5.41, 5.74) is 4.60. The second kappa shape index (κ2) is 6.50. The summed E-state index contributed by atoms with van der Waals surface area (Å²) in [5.74, 6) is 1.89. The Labute approximate surface area is 157 Å². The Morgan fingerprint density at radius 2 is 2.04 bits per heavy atom. The van der Waals surface area contributed by atoms with Crippen molar-refractivity contribution < 1.29 is 13.7 Å². The zero-order valence-electron chi connectivity index (χ0n) is 15.2. The number of hydrogen-bond acceptors (Lipinski definition) is 4. The van der Waals surface area contributed by atoms with Gasteiger partial charge in [0, 0.05) is 23.9 Å². The third-order valence-corrected chi connectivity index (χ3v) is 5.75. The molecule has 0 unspecified atom stereocenters. The predicted molar refractivity (Wildman–Crippen MR) is 103 cm³/mol. The van der Waals surface area contributed by atoms with E-state index < -0.39 is 0 Å². The molecule has 0 amide bonds. The number of benzene rings is 2. The number of methoxy groups -OCH3 is 1. The number of halogens is 1. The minimum Gasteiger partial charge on any atom is -0.497 e. The molecule has 2 aromatic carbocycles. The number of aromatic nitrogens is 1. The van der Waals surface area contributed by atoms with Crippen LogP contribution in [0.1, 0.15) is 35.6 Å². The van der Waals surface area contributed by atoms with Crippen molar-refractivity contribution in [1.29, 1.82) is 0 Å². The Morgan fingerprint density at radius 1 is 1.19 bits per heavy atom. The Hall–Kier alpha value is -2.66. The van der Waals surface area contributed by atoms with Gasteiger partial charge in [0.05, 0.1) is 7.11 Å². The molecule has 5 rings (SSSR count). The van der Waals surface area contributed by atoms with Gasteiger partial charge in [-0.2, -0.15) is 0 Å². The molecule has 5 heteroatoms. The minimum atomic E-state index is -0.274. The fourth-order valence-electron chi connectivity index (χ4n) is 4.22. The average Bonchev–Trinajstić information content (AvgIpc) is 3.09. The van der Waals surface area contributed by atoms with E-state index in [0.29, 0.717) is 11.4 Å². The van der Waals surface area contributed by atoms with Crippen LogP contribution in [0.4, 0.5) is 4.39 Å². The number of fused-ring (bicyclic) bond motifs is 2. The van der Waals surface area contributed by atoms with Crippen molar-refractivity contribution in [1.82, 2.24) is 10.1 Å². The molecule has 2 aliphatic rings. The van der Waals surface area contributed by atoms with Crippen molar-refractivity contribution in [3.8, 4) is 5.75 Å². The van der Waals surface area contributed by atoms with E-state index in [1.807, 2.05) is 6.07 Å². The Balaban J connectivity index is 1.23. The van der Waals surface area contributed by atoms with Gasteiger partial charge in [0.25, 0.3) is 0 Å². The van der Waals surface area contributed by atoms with Gasteiger partial charge in [-0.1, -0.05) is 11.2 Å². The van der Waals surface area contributed by atoms with Gasteiger partial charge < -0.3 is 9.26 Å². The zero-order chi connectivity index (χ0) is 18.4. The number of hydrogen-bond donors (Lipinski definition) is 0. The molecule has 138 valence electrons. The largest absolute Gasteiger partial charge is 0.497 e. The number of likely N-dealkylation sites (tertiary alicyclic amines) is 1. The van der Waals surface area contributed by atoms with Gasteiger partial charge in [-0.25, -0.2) is 4.39 Å². The molecule has 1 saturated heterocycles. The van der Waals surface area contributed by atoms with Crippen LogP contribution in [0.3, 0.4) is 0 Å². The van der Waals surface area contributed by atoms with Gasteiger partial charge in [-0.3, -0.25) is 4.90 Å². The lowest BCUT2D eigenvalue weighted by Crippen LogP contribution is -2.34. The van der Waals surface area contributed by atoms with Crippen LogP contribution in [0, 0.1) is 5.82 Å². The van der Waals surface area contributed by atoms with E-state index in [1.165, 1.54) is 28.8 Å². The van der Waals surface area contributed by atoms with Crippen LogP contribution in [0.5, 0.6) is 5.75 Å². The second-order valence-electron chi connectivity index (χ2n) is 7.38. The summed E-state index contributed by atoms with van der Waals surface area (Å²) in [6, 6.07) is 11.0. The van der Waals surface area contributed by atoms with Gasteiger partial charge >= 0.3 is 0 Å². The van der Waals surface area contributed by atoms with Crippen LogP contribution < -0.4 is 4.74 Å². The third kappa shape index (κ3) is 2.92. The molecule has 1 aliphatic heterocycles. The molecule has 4 nitrogen and oxygen atoms in total. The van der Waals surface area contributed by atoms with Crippen molar-refractivity contribution in [2.24, 2.45) is 0 Å². The molecule has 0 saturated carbocycles. The Bertz CT molecular complexity index is 1030. The molecule has 1 aliphatic carbocycles. The quantitative estimate of drug-likeness (QED) is 0.672. The fraction of sp³-hybridized carbons (Fsp3) is 0.318. The van der Waals surface area contributed by atoms with E-state index in [4.69, 9.17) is 9.26 Å². The van der Waals surface area contributed by atoms with E-state index in [9.17, 15) is 4.39 Å². The molecule has 0 atom stereocenters. The number of piperidine rings is 1. The SMILES string of the molecule is COc1ccc2c(c1)C=C2CN1CCC(c2onc3cc(F)ccc23)CC1. The molecule has 0 radical (unpaired) electrons. The lowest BCUT2D eigenvalue weighted by Gasteiger charge is -2.33. The smallest absolute Gasteiger partial charge is 0.147 e. The molecule has 3 aromatic rings. The van der Waals surface area contributed by atoms with Crippen LogP contribution >= 0.6 is 0 Å². The lowest BCUT2D eigenvalue weighted by atomic mass is 9.87. The number of rotatable bonds is 4. The van der Waals surface area contributed by atoms with E-state index in [2.05, 4.69) is 28.3 Å². The van der Waals surface area contributed by atoms with Crippen LogP contribution in [-0.2, 0) is 0 Å². The summed E-state index contributed by atoms with van der Waals surface area (Å²) in [4.78, 5) is 2.49. The Morgan fingerprint density at radius 3 is 2.81 bits per heavy atom. The summed E-state index contributed by atoms with van der Waals surface area (Å²) in [7, 11) is 1.70. The number of ether oxygens (including phenoxy) is 1. The van der Waals surface area contributed by atoms with Crippen LogP contribution in [0.15, 0.2) is 40.9 Å². The summed E-state index contributed by atoms with van der Waals surface area (Å²) < 4.78 is 24.2. The summed E-state index contributed by atoms with van der Waals surface area (Å²) in [6.45, 7) is 3.03. The normalized spacial score (nSPS) is 17.5. The topological polar surface area (TPSA) is 38.5 Å². The van der Waals surface area contributed by atoms with Crippen molar-refractivity contribution in [3.05, 3.63) is 59.1 Å². The van der Waals surface area contributed by atoms with Crippen LogP contribution in [0.2, 0.25) is 0 Å². The third-order valence-electron chi connectivity index (χ3n) is 5.75. The molecule has 1 aromatic heterocycles. The first-order valence-corrected chi connectivity index (χ1v) is 9.37. The second-order valence-corrected chi connectivity index (χ2v) is 7.38. The molecule has 0 N–H and O–H groups in total. The monoisotopic (exact) mass is 364 g/mol. The summed E-state index contributed by atoms with van der Waals surface area (Å²) >= 11 is 0. The zero-order valence-corrected chi connectivity index (χ0v) is 15.2. The molecule has 27 heavy (non-hydrogen) atoms. The van der Waals surface area contributed by atoms with Gasteiger partial charge in [-0.05, 0) is 73.0 Å². The van der Waals surface area contributed by atoms with Crippen LogP contribution in [-0.4, -0.2) is 36.8 Å². The maximum absolute atomic E-state index is 13.3. The summed E-state index contributed by atoms with van der Waals surface area (Å²) in [6.07, 6.45) is 4.32. The first kappa shape index (κ1) is 16.5. The van der Waals surface area contributed by atoms with E-state index in [1.54, 1.807) is 13.2 Å². The molecule has 1 fully saturated rings.